The summed E-state index contributed by atoms with van der Waals surface area (Å²) in [6, 6.07) is -0.722. The summed E-state index contributed by atoms with van der Waals surface area (Å²) in [5.74, 6) is -0.596. The van der Waals surface area contributed by atoms with Gasteiger partial charge < -0.3 is 20.3 Å². The topological polar surface area (TPSA) is 95.9 Å². The van der Waals surface area contributed by atoms with Crippen molar-refractivity contribution in [3.8, 4) is 0 Å². The zero-order valence-corrected chi connectivity index (χ0v) is 34.6. The largest absolute Gasteiger partial charge is 0.462 e. The summed E-state index contributed by atoms with van der Waals surface area (Å²) in [5, 5.41) is 23.5. The molecule has 3 unspecified atom stereocenters. The molecular formula is C47H83NO5. The number of carbonyl (C=O) groups excluding carboxylic acids is 2. The van der Waals surface area contributed by atoms with Crippen LogP contribution in [0.4, 0.5) is 0 Å². The van der Waals surface area contributed by atoms with Gasteiger partial charge in [-0.15, -0.1) is 0 Å². The highest BCUT2D eigenvalue weighted by Gasteiger charge is 2.23. The first kappa shape index (κ1) is 50.6. The molecule has 0 rings (SSSR count). The first-order valence-electron chi connectivity index (χ1n) is 22.0. The number of nitrogens with one attached hydrogen (secondary N) is 1. The van der Waals surface area contributed by atoms with Crippen molar-refractivity contribution >= 4 is 11.9 Å². The summed E-state index contributed by atoms with van der Waals surface area (Å²) in [4.78, 5) is 25.9. The first-order valence-corrected chi connectivity index (χ1v) is 22.0. The van der Waals surface area contributed by atoms with Crippen molar-refractivity contribution in [2.24, 2.45) is 0 Å². The van der Waals surface area contributed by atoms with Crippen molar-refractivity contribution in [1.82, 2.24) is 5.32 Å². The lowest BCUT2D eigenvalue weighted by Crippen LogP contribution is -2.46. The van der Waals surface area contributed by atoms with E-state index in [4.69, 9.17) is 4.74 Å². The molecule has 0 saturated carbocycles. The minimum Gasteiger partial charge on any atom is -0.462 e. The maximum Gasteiger partial charge on any atom is 0.306 e. The lowest BCUT2D eigenvalue weighted by Gasteiger charge is -2.24. The van der Waals surface area contributed by atoms with E-state index in [1.54, 1.807) is 0 Å². The molecule has 0 aliphatic rings. The van der Waals surface area contributed by atoms with Crippen molar-refractivity contribution in [2.75, 3.05) is 6.61 Å². The van der Waals surface area contributed by atoms with Crippen molar-refractivity contribution in [1.29, 1.82) is 0 Å². The highest BCUT2D eigenvalue weighted by atomic mass is 16.5. The number of aliphatic hydroxyl groups is 2. The maximum atomic E-state index is 13.1. The highest BCUT2D eigenvalue weighted by Crippen LogP contribution is 2.16. The molecule has 6 nitrogen and oxygen atoms in total. The van der Waals surface area contributed by atoms with Crippen LogP contribution in [0.25, 0.3) is 0 Å². The molecular weight excluding hydrogens is 659 g/mol. The van der Waals surface area contributed by atoms with Gasteiger partial charge in [0.1, 0.15) is 6.10 Å². The third kappa shape index (κ3) is 36.3. The molecule has 0 fully saturated rings. The van der Waals surface area contributed by atoms with Gasteiger partial charge in [0.15, 0.2) is 0 Å². The third-order valence-electron chi connectivity index (χ3n) is 9.66. The lowest BCUT2D eigenvalue weighted by atomic mass is 10.0. The van der Waals surface area contributed by atoms with Crippen molar-refractivity contribution in [3.05, 3.63) is 60.8 Å². The summed E-state index contributed by atoms with van der Waals surface area (Å²) in [7, 11) is 0. The van der Waals surface area contributed by atoms with Gasteiger partial charge in [-0.2, -0.15) is 0 Å². The normalized spacial score (nSPS) is 14.0. The number of aliphatic hydroxyl groups excluding tert-OH is 2. The number of esters is 1. The van der Waals surface area contributed by atoms with E-state index in [9.17, 15) is 19.8 Å². The second-order valence-electron chi connectivity index (χ2n) is 14.8. The zero-order chi connectivity index (χ0) is 38.9. The average Bonchev–Trinajstić information content (AvgIpc) is 3.15. The van der Waals surface area contributed by atoms with Gasteiger partial charge in [0, 0.05) is 6.42 Å². The van der Waals surface area contributed by atoms with Gasteiger partial charge in [-0.25, -0.2) is 0 Å². The number of ether oxygens (including phenoxy) is 1. The van der Waals surface area contributed by atoms with E-state index in [2.05, 4.69) is 68.6 Å². The number of allylic oxidation sites excluding steroid dienone is 10. The Morgan fingerprint density at radius 2 is 1.09 bits per heavy atom. The molecule has 0 bridgehead atoms. The van der Waals surface area contributed by atoms with Crippen LogP contribution < -0.4 is 5.32 Å². The Hall–Kier alpha value is -2.44. The molecule has 0 saturated heterocycles. The summed E-state index contributed by atoms with van der Waals surface area (Å²) in [5.41, 5.74) is 0. The fraction of sp³-hybridized carbons (Fsp3) is 0.745. The van der Waals surface area contributed by atoms with Crippen molar-refractivity contribution in [2.45, 2.75) is 219 Å². The van der Waals surface area contributed by atoms with Gasteiger partial charge >= 0.3 is 5.97 Å². The summed E-state index contributed by atoms with van der Waals surface area (Å²) in [6.45, 7) is 6.28. The SMILES string of the molecule is CC/C=C/C=C/C=C\CCCCCC(CC(=O)NC(CO)C(O)CCCCCCCCCCCC)OC(=O)CC/C=C/C/C=C\CCCCCCCC. The fourth-order valence-corrected chi connectivity index (χ4v) is 6.30. The molecule has 1 amide bonds. The minimum absolute atomic E-state index is 0.0302. The maximum absolute atomic E-state index is 13.1. The molecule has 0 aromatic carbocycles. The molecule has 6 heteroatoms. The zero-order valence-electron chi connectivity index (χ0n) is 34.6. The van der Waals surface area contributed by atoms with Crippen LogP contribution in [0, 0.1) is 0 Å². The fourth-order valence-electron chi connectivity index (χ4n) is 6.30. The van der Waals surface area contributed by atoms with Crippen LogP contribution in [0.2, 0.25) is 0 Å². The molecule has 3 N–H and O–H groups in total. The second kappa shape index (κ2) is 40.7. The summed E-state index contributed by atoms with van der Waals surface area (Å²) >= 11 is 0. The Morgan fingerprint density at radius 1 is 0.585 bits per heavy atom. The summed E-state index contributed by atoms with van der Waals surface area (Å²) < 4.78 is 5.83. The standard InChI is InChI=1S/C47H83NO5/c1-4-7-10-13-16-19-22-23-25-28-31-34-37-40-47(52)53-43(38-35-32-29-26-24-20-17-14-11-8-5-2)41-46(51)48-44(42-49)45(50)39-36-33-30-27-21-18-15-12-9-6-3/h8,11,14,17,20,23-25,31,34,43-45,49-50H,4-7,9-10,12-13,15-16,18-19,21-22,26-30,32-33,35-42H2,1-3H3,(H,48,51)/b11-8+,17-14+,24-20-,25-23-,34-31+. The first-order chi connectivity index (χ1) is 26.0. The monoisotopic (exact) mass is 742 g/mol. The van der Waals surface area contributed by atoms with Gasteiger partial charge in [0.25, 0.3) is 0 Å². The number of hydrogen-bond donors (Lipinski definition) is 3. The number of rotatable bonds is 38. The molecule has 0 aliphatic carbocycles. The minimum atomic E-state index is -0.804. The third-order valence-corrected chi connectivity index (χ3v) is 9.66. The predicted molar refractivity (Wildman–Crippen MR) is 227 cm³/mol. The van der Waals surface area contributed by atoms with E-state index in [0.717, 1.165) is 64.2 Å². The van der Waals surface area contributed by atoms with Crippen LogP contribution >= 0.6 is 0 Å². The van der Waals surface area contributed by atoms with Crippen LogP contribution in [0.1, 0.15) is 201 Å². The van der Waals surface area contributed by atoms with Crippen molar-refractivity contribution < 1.29 is 24.5 Å². The van der Waals surface area contributed by atoms with E-state index in [0.29, 0.717) is 19.3 Å². The van der Waals surface area contributed by atoms with Gasteiger partial charge in [-0.3, -0.25) is 9.59 Å². The van der Waals surface area contributed by atoms with Crippen LogP contribution in [0.15, 0.2) is 60.8 Å². The molecule has 0 spiro atoms. The van der Waals surface area contributed by atoms with E-state index < -0.39 is 18.2 Å². The smallest absolute Gasteiger partial charge is 0.306 e. The molecule has 0 heterocycles. The molecule has 53 heavy (non-hydrogen) atoms. The van der Waals surface area contributed by atoms with E-state index >= 15 is 0 Å². The highest BCUT2D eigenvalue weighted by molar-refractivity contribution is 5.77. The van der Waals surface area contributed by atoms with Gasteiger partial charge in [0.2, 0.25) is 5.91 Å². The van der Waals surface area contributed by atoms with Crippen LogP contribution in [0.3, 0.4) is 0 Å². The molecule has 0 aromatic rings. The van der Waals surface area contributed by atoms with Gasteiger partial charge in [-0.1, -0.05) is 184 Å². The molecule has 306 valence electrons. The predicted octanol–water partition coefficient (Wildman–Crippen LogP) is 12.5. The molecule has 3 atom stereocenters. The summed E-state index contributed by atoms with van der Waals surface area (Å²) in [6.07, 6.45) is 48.6. The number of amides is 1. The Morgan fingerprint density at radius 3 is 1.70 bits per heavy atom. The number of unbranched alkanes of at least 4 members (excludes halogenated alkanes) is 18. The van der Waals surface area contributed by atoms with E-state index in [1.807, 2.05) is 18.2 Å². The van der Waals surface area contributed by atoms with Crippen molar-refractivity contribution in [3.63, 3.8) is 0 Å². The van der Waals surface area contributed by atoms with Crippen LogP contribution in [-0.4, -0.2) is 46.9 Å². The number of hydrogen-bond acceptors (Lipinski definition) is 5. The Balaban J connectivity index is 4.73. The molecule has 0 aromatic heterocycles. The quantitative estimate of drug-likeness (QED) is 0.0253. The van der Waals surface area contributed by atoms with Gasteiger partial charge in [-0.05, 0) is 64.2 Å². The lowest BCUT2D eigenvalue weighted by molar-refractivity contribution is -0.150. The average molecular weight is 742 g/mol. The molecule has 0 radical (unpaired) electrons. The van der Waals surface area contributed by atoms with Crippen LogP contribution in [0.5, 0.6) is 0 Å². The van der Waals surface area contributed by atoms with E-state index in [1.165, 1.54) is 83.5 Å². The van der Waals surface area contributed by atoms with Crippen LogP contribution in [-0.2, 0) is 14.3 Å². The Kier molecular flexibility index (Phi) is 38.9. The number of carbonyl (C=O) groups is 2. The second-order valence-corrected chi connectivity index (χ2v) is 14.8. The Labute approximate surface area is 327 Å². The van der Waals surface area contributed by atoms with E-state index in [-0.39, 0.29) is 31.3 Å². The Bertz CT molecular complexity index is 968. The molecule has 0 aliphatic heterocycles. The van der Waals surface area contributed by atoms with Gasteiger partial charge in [0.05, 0.1) is 25.2 Å².